The summed E-state index contributed by atoms with van der Waals surface area (Å²) in [7, 11) is 3.82. The minimum atomic E-state index is 0.0732. The number of rotatable bonds is 4. The van der Waals surface area contributed by atoms with E-state index in [9.17, 15) is 4.79 Å². The Morgan fingerprint density at radius 3 is 2.76 bits per heavy atom. The number of aryl methyl sites for hydroxylation is 1. The molecule has 1 unspecified atom stereocenters. The maximum absolute atomic E-state index is 13.1. The normalized spacial score (nSPS) is 20.7. The Balaban J connectivity index is 1.90. The largest absolute Gasteiger partial charge is 0.383 e. The van der Waals surface area contributed by atoms with Crippen LogP contribution < -0.4 is 0 Å². The zero-order valence-electron chi connectivity index (χ0n) is 15.3. The standard InChI is InChI=1S/C21H26N2O2/c1-14-19(17-10-6-7-11-18(17)22(14)2)20-15-8-4-5-9-16(15)21(24)23(20)12-13-25-3/h6-7,10-11,20H,4-5,8-9,12-13H2,1-3H3. The molecule has 1 aromatic carbocycles. The third-order valence-corrected chi connectivity index (χ3v) is 5.93. The van der Waals surface area contributed by atoms with Crippen molar-refractivity contribution in [3.8, 4) is 0 Å². The Morgan fingerprint density at radius 1 is 1.20 bits per heavy atom. The van der Waals surface area contributed by atoms with Gasteiger partial charge in [0.2, 0.25) is 0 Å². The van der Waals surface area contributed by atoms with Crippen LogP contribution in [0.15, 0.2) is 35.4 Å². The Bertz CT molecular complexity index is 862. The molecule has 4 rings (SSSR count). The number of aromatic nitrogens is 1. The lowest BCUT2D eigenvalue weighted by molar-refractivity contribution is -0.127. The van der Waals surface area contributed by atoms with Crippen LogP contribution in [0.5, 0.6) is 0 Å². The monoisotopic (exact) mass is 338 g/mol. The van der Waals surface area contributed by atoms with Crippen LogP contribution in [0.25, 0.3) is 10.9 Å². The van der Waals surface area contributed by atoms with Gasteiger partial charge in [0, 0.05) is 48.4 Å². The zero-order chi connectivity index (χ0) is 17.6. The van der Waals surface area contributed by atoms with Crippen LogP contribution in [0.3, 0.4) is 0 Å². The number of carbonyl (C=O) groups excluding carboxylic acids is 1. The van der Waals surface area contributed by atoms with Crippen LogP contribution in [0, 0.1) is 6.92 Å². The molecule has 0 saturated carbocycles. The highest BCUT2D eigenvalue weighted by Crippen LogP contribution is 2.47. The maximum Gasteiger partial charge on any atom is 0.250 e. The summed E-state index contributed by atoms with van der Waals surface area (Å²) in [6.45, 7) is 3.40. The molecule has 0 N–H and O–H groups in total. The molecule has 2 heterocycles. The fourth-order valence-corrected chi connectivity index (χ4v) is 4.60. The lowest BCUT2D eigenvalue weighted by Gasteiger charge is -2.28. The van der Waals surface area contributed by atoms with E-state index in [1.165, 1.54) is 34.2 Å². The summed E-state index contributed by atoms with van der Waals surface area (Å²) in [5.41, 5.74) is 6.21. The molecule has 1 aromatic heterocycles. The number of hydrogen-bond acceptors (Lipinski definition) is 2. The number of fused-ring (bicyclic) bond motifs is 1. The third-order valence-electron chi connectivity index (χ3n) is 5.93. The van der Waals surface area contributed by atoms with Gasteiger partial charge in [0.05, 0.1) is 12.6 Å². The second-order valence-corrected chi connectivity index (χ2v) is 7.18. The van der Waals surface area contributed by atoms with Gasteiger partial charge >= 0.3 is 0 Å². The first-order chi connectivity index (χ1) is 12.1. The minimum absolute atomic E-state index is 0.0732. The van der Waals surface area contributed by atoms with Gasteiger partial charge in [-0.05, 0) is 44.2 Å². The van der Waals surface area contributed by atoms with Gasteiger partial charge < -0.3 is 14.2 Å². The van der Waals surface area contributed by atoms with Crippen LogP contribution >= 0.6 is 0 Å². The Labute approximate surface area is 149 Å². The van der Waals surface area contributed by atoms with E-state index in [2.05, 4.69) is 42.8 Å². The van der Waals surface area contributed by atoms with Crippen molar-refractivity contribution in [3.05, 3.63) is 46.7 Å². The van der Waals surface area contributed by atoms with E-state index >= 15 is 0 Å². The molecule has 0 radical (unpaired) electrons. The van der Waals surface area contributed by atoms with E-state index < -0.39 is 0 Å². The topological polar surface area (TPSA) is 34.5 Å². The summed E-state index contributed by atoms with van der Waals surface area (Å²) >= 11 is 0. The first-order valence-corrected chi connectivity index (χ1v) is 9.21. The number of hydrogen-bond donors (Lipinski definition) is 0. The average molecular weight is 338 g/mol. The van der Waals surface area contributed by atoms with E-state index in [-0.39, 0.29) is 11.9 Å². The number of ether oxygens (including phenoxy) is 1. The summed E-state index contributed by atoms with van der Waals surface area (Å²) in [5, 5.41) is 1.27. The number of para-hydroxylation sites is 1. The number of nitrogens with zero attached hydrogens (tertiary/aromatic N) is 2. The minimum Gasteiger partial charge on any atom is -0.383 e. The molecule has 2 aliphatic rings. The molecule has 25 heavy (non-hydrogen) atoms. The van der Waals surface area contributed by atoms with Crippen molar-refractivity contribution >= 4 is 16.8 Å². The smallest absolute Gasteiger partial charge is 0.250 e. The van der Waals surface area contributed by atoms with Crippen molar-refractivity contribution in [1.82, 2.24) is 9.47 Å². The van der Waals surface area contributed by atoms with Crippen LogP contribution in [-0.2, 0) is 16.6 Å². The van der Waals surface area contributed by atoms with Crippen LogP contribution in [0.2, 0.25) is 0 Å². The summed E-state index contributed by atoms with van der Waals surface area (Å²) in [5.74, 6) is 0.226. The molecule has 0 fully saturated rings. The number of amides is 1. The second-order valence-electron chi connectivity index (χ2n) is 7.18. The molecule has 1 aliphatic carbocycles. The number of carbonyl (C=O) groups is 1. The van der Waals surface area contributed by atoms with Gasteiger partial charge in [0.1, 0.15) is 0 Å². The molecule has 1 atom stereocenters. The van der Waals surface area contributed by atoms with E-state index in [1.807, 2.05) is 4.90 Å². The number of benzene rings is 1. The van der Waals surface area contributed by atoms with E-state index in [4.69, 9.17) is 4.74 Å². The molecule has 0 bridgehead atoms. The summed E-state index contributed by atoms with van der Waals surface area (Å²) in [6, 6.07) is 8.61. The average Bonchev–Trinajstić information content (AvgIpc) is 3.06. The predicted molar refractivity (Wildman–Crippen MR) is 99.5 cm³/mol. The quantitative estimate of drug-likeness (QED) is 0.848. The predicted octanol–water partition coefficient (Wildman–Crippen LogP) is 3.89. The fraction of sp³-hybridized carbons (Fsp3) is 0.476. The van der Waals surface area contributed by atoms with Crippen molar-refractivity contribution in [2.75, 3.05) is 20.3 Å². The fourth-order valence-electron chi connectivity index (χ4n) is 4.60. The molecule has 2 aromatic rings. The molecule has 132 valence electrons. The van der Waals surface area contributed by atoms with Gasteiger partial charge in [-0.1, -0.05) is 18.2 Å². The van der Waals surface area contributed by atoms with Crippen molar-refractivity contribution in [2.24, 2.45) is 7.05 Å². The van der Waals surface area contributed by atoms with E-state index in [1.54, 1.807) is 7.11 Å². The molecule has 4 nitrogen and oxygen atoms in total. The maximum atomic E-state index is 13.1. The summed E-state index contributed by atoms with van der Waals surface area (Å²) < 4.78 is 7.55. The molecule has 1 aliphatic heterocycles. The lowest BCUT2D eigenvalue weighted by atomic mass is 9.87. The van der Waals surface area contributed by atoms with Crippen LogP contribution in [0.1, 0.15) is 43.0 Å². The van der Waals surface area contributed by atoms with Crippen LogP contribution in [0.4, 0.5) is 0 Å². The van der Waals surface area contributed by atoms with Crippen LogP contribution in [-0.4, -0.2) is 35.6 Å². The highest BCUT2D eigenvalue weighted by molar-refractivity contribution is 5.99. The highest BCUT2D eigenvalue weighted by Gasteiger charge is 2.42. The molecule has 0 saturated heterocycles. The Hall–Kier alpha value is -2.07. The Morgan fingerprint density at radius 2 is 1.96 bits per heavy atom. The van der Waals surface area contributed by atoms with E-state index in [0.29, 0.717) is 13.2 Å². The van der Waals surface area contributed by atoms with Crippen molar-refractivity contribution in [3.63, 3.8) is 0 Å². The van der Waals surface area contributed by atoms with Crippen molar-refractivity contribution in [2.45, 2.75) is 38.6 Å². The number of methoxy groups -OCH3 is 1. The second kappa shape index (κ2) is 6.34. The van der Waals surface area contributed by atoms with E-state index in [0.717, 1.165) is 24.8 Å². The van der Waals surface area contributed by atoms with Gasteiger partial charge in [-0.15, -0.1) is 0 Å². The SMILES string of the molecule is COCCN1C(=O)C2=C(CCCC2)C1c1c(C)n(C)c2ccccc12. The Kier molecular flexibility index (Phi) is 4.16. The summed E-state index contributed by atoms with van der Waals surface area (Å²) in [6.07, 6.45) is 4.28. The van der Waals surface area contributed by atoms with Gasteiger partial charge in [0.25, 0.3) is 5.91 Å². The summed E-state index contributed by atoms with van der Waals surface area (Å²) in [4.78, 5) is 15.1. The molecular weight excluding hydrogens is 312 g/mol. The highest BCUT2D eigenvalue weighted by atomic mass is 16.5. The first kappa shape index (κ1) is 16.4. The molecular formula is C21H26N2O2. The van der Waals surface area contributed by atoms with Crippen molar-refractivity contribution < 1.29 is 9.53 Å². The first-order valence-electron chi connectivity index (χ1n) is 9.21. The molecule has 0 spiro atoms. The van der Waals surface area contributed by atoms with Gasteiger partial charge in [0.15, 0.2) is 0 Å². The molecule has 1 amide bonds. The third kappa shape index (κ3) is 2.43. The lowest BCUT2D eigenvalue weighted by Crippen LogP contribution is -2.33. The van der Waals surface area contributed by atoms with Crippen molar-refractivity contribution in [1.29, 1.82) is 0 Å². The van der Waals surface area contributed by atoms with Gasteiger partial charge in [-0.3, -0.25) is 4.79 Å². The van der Waals surface area contributed by atoms with Gasteiger partial charge in [-0.25, -0.2) is 0 Å². The van der Waals surface area contributed by atoms with Gasteiger partial charge in [-0.2, -0.15) is 0 Å². The zero-order valence-corrected chi connectivity index (χ0v) is 15.3. The molecule has 4 heteroatoms.